The summed E-state index contributed by atoms with van der Waals surface area (Å²) in [5.41, 5.74) is 4.68. The molecule has 1 atom stereocenters. The maximum atomic E-state index is 3.75. The minimum absolute atomic E-state index is 0.208. The summed E-state index contributed by atoms with van der Waals surface area (Å²) in [6.45, 7) is 19.3. The minimum Gasteiger partial charge on any atom is -0.310 e. The predicted octanol–water partition coefficient (Wildman–Crippen LogP) is 3.90. The van der Waals surface area contributed by atoms with Gasteiger partial charge in [-0.3, -0.25) is 4.90 Å². The van der Waals surface area contributed by atoms with Crippen molar-refractivity contribution in [2.24, 2.45) is 5.41 Å². The fourth-order valence-corrected chi connectivity index (χ4v) is 3.26. The Balaban J connectivity index is 2.18. The summed E-state index contributed by atoms with van der Waals surface area (Å²) in [4.78, 5) is 2.65. The normalized spacial score (nSPS) is 23.3. The zero-order valence-electron chi connectivity index (χ0n) is 14.9. The molecule has 1 unspecified atom stereocenters. The molecule has 1 N–H and O–H groups in total. The smallest absolute Gasteiger partial charge is 0.0281 e. The zero-order chi connectivity index (χ0) is 15.8. The number of hydrogen-bond acceptors (Lipinski definition) is 2. The molecule has 1 saturated heterocycles. The van der Waals surface area contributed by atoms with Crippen LogP contribution in [0.5, 0.6) is 0 Å². The highest BCUT2D eigenvalue weighted by atomic mass is 15.3. The molecule has 1 heterocycles. The summed E-state index contributed by atoms with van der Waals surface area (Å²) in [7, 11) is 0. The van der Waals surface area contributed by atoms with Crippen molar-refractivity contribution in [3.8, 4) is 0 Å². The molecule has 21 heavy (non-hydrogen) atoms. The summed E-state index contributed by atoms with van der Waals surface area (Å²) >= 11 is 0. The Bertz CT molecular complexity index is 477. The van der Waals surface area contributed by atoms with E-state index in [-0.39, 0.29) is 5.54 Å². The third kappa shape index (κ3) is 4.08. The molecule has 0 aliphatic carbocycles. The van der Waals surface area contributed by atoms with Crippen LogP contribution in [0.3, 0.4) is 0 Å². The molecule has 0 bridgehead atoms. The lowest BCUT2D eigenvalue weighted by molar-refractivity contribution is 0.0295. The first kappa shape index (κ1) is 16.5. The number of nitrogens with one attached hydrogen (secondary N) is 1. The molecule has 0 radical (unpaired) electrons. The van der Waals surface area contributed by atoms with Gasteiger partial charge in [-0.05, 0) is 38.7 Å². The van der Waals surface area contributed by atoms with E-state index < -0.39 is 0 Å². The quantitative estimate of drug-likeness (QED) is 0.888. The van der Waals surface area contributed by atoms with Gasteiger partial charge in [0.15, 0.2) is 0 Å². The van der Waals surface area contributed by atoms with E-state index in [4.69, 9.17) is 0 Å². The Kier molecular flexibility index (Phi) is 4.51. The van der Waals surface area contributed by atoms with E-state index in [9.17, 15) is 0 Å². The van der Waals surface area contributed by atoms with E-state index in [1.165, 1.54) is 16.7 Å². The van der Waals surface area contributed by atoms with Gasteiger partial charge in [-0.2, -0.15) is 0 Å². The lowest BCUT2D eigenvalue weighted by Gasteiger charge is -2.49. The standard InChI is InChI=1S/C19H32N2/c1-14-8-15(2)10-16(9-14)11-21-12-17(18(3,4)5)20-13-19(21,6)7/h8-10,17,20H,11-13H2,1-7H3. The van der Waals surface area contributed by atoms with Crippen molar-refractivity contribution < 1.29 is 0 Å². The maximum Gasteiger partial charge on any atom is 0.0281 e. The lowest BCUT2D eigenvalue weighted by atomic mass is 9.82. The molecule has 1 aromatic rings. The lowest BCUT2D eigenvalue weighted by Crippen LogP contribution is -2.64. The van der Waals surface area contributed by atoms with Crippen molar-refractivity contribution in [2.45, 2.75) is 66.6 Å². The average molecular weight is 288 g/mol. The SMILES string of the molecule is Cc1cc(C)cc(CN2CC(C(C)(C)C)NCC2(C)C)c1. The van der Waals surface area contributed by atoms with E-state index in [2.05, 4.69) is 76.9 Å². The molecule has 0 amide bonds. The molecule has 1 aromatic carbocycles. The molecule has 2 nitrogen and oxygen atoms in total. The van der Waals surface area contributed by atoms with Crippen molar-refractivity contribution in [3.63, 3.8) is 0 Å². The number of hydrogen-bond donors (Lipinski definition) is 1. The second-order valence-electron chi connectivity index (χ2n) is 8.49. The molecule has 118 valence electrons. The Labute approximate surface area is 130 Å². The largest absolute Gasteiger partial charge is 0.310 e. The molecular weight excluding hydrogens is 256 g/mol. The van der Waals surface area contributed by atoms with Gasteiger partial charge in [0.05, 0.1) is 0 Å². The van der Waals surface area contributed by atoms with Crippen molar-refractivity contribution in [2.75, 3.05) is 13.1 Å². The maximum absolute atomic E-state index is 3.75. The average Bonchev–Trinajstić information content (AvgIpc) is 2.28. The van der Waals surface area contributed by atoms with Gasteiger partial charge < -0.3 is 5.32 Å². The van der Waals surface area contributed by atoms with Crippen molar-refractivity contribution in [1.29, 1.82) is 0 Å². The molecule has 2 heteroatoms. The monoisotopic (exact) mass is 288 g/mol. The Hall–Kier alpha value is -0.860. The summed E-state index contributed by atoms with van der Waals surface area (Å²) in [6, 6.07) is 7.47. The van der Waals surface area contributed by atoms with Gasteiger partial charge in [0, 0.05) is 31.2 Å². The molecule has 1 fully saturated rings. The van der Waals surface area contributed by atoms with Crippen LogP contribution in [0.1, 0.15) is 51.3 Å². The van der Waals surface area contributed by atoms with Crippen LogP contribution < -0.4 is 5.32 Å². The second-order valence-corrected chi connectivity index (χ2v) is 8.49. The van der Waals surface area contributed by atoms with E-state index in [0.717, 1.165) is 19.6 Å². The Morgan fingerprint density at radius 1 is 1.14 bits per heavy atom. The van der Waals surface area contributed by atoms with E-state index in [1.807, 2.05) is 0 Å². The molecule has 0 spiro atoms. The molecule has 2 rings (SSSR count). The van der Waals surface area contributed by atoms with Crippen LogP contribution >= 0.6 is 0 Å². The predicted molar refractivity (Wildman–Crippen MR) is 91.7 cm³/mol. The molecule has 0 saturated carbocycles. The van der Waals surface area contributed by atoms with Gasteiger partial charge in [0.2, 0.25) is 0 Å². The van der Waals surface area contributed by atoms with Crippen LogP contribution in [0.15, 0.2) is 18.2 Å². The number of benzene rings is 1. The van der Waals surface area contributed by atoms with E-state index in [1.54, 1.807) is 0 Å². The summed E-state index contributed by atoms with van der Waals surface area (Å²) < 4.78 is 0. The van der Waals surface area contributed by atoms with Crippen molar-refractivity contribution in [1.82, 2.24) is 10.2 Å². The van der Waals surface area contributed by atoms with E-state index in [0.29, 0.717) is 11.5 Å². The van der Waals surface area contributed by atoms with Crippen LogP contribution in [0.25, 0.3) is 0 Å². The van der Waals surface area contributed by atoms with Crippen LogP contribution in [-0.2, 0) is 6.54 Å². The number of aryl methyl sites for hydroxylation is 2. The first-order chi connectivity index (χ1) is 9.58. The summed E-state index contributed by atoms with van der Waals surface area (Å²) in [5.74, 6) is 0. The highest BCUT2D eigenvalue weighted by molar-refractivity contribution is 5.28. The topological polar surface area (TPSA) is 15.3 Å². The van der Waals surface area contributed by atoms with Crippen LogP contribution in [0, 0.1) is 19.3 Å². The number of piperazine rings is 1. The van der Waals surface area contributed by atoms with Crippen molar-refractivity contribution in [3.05, 3.63) is 34.9 Å². The van der Waals surface area contributed by atoms with Gasteiger partial charge >= 0.3 is 0 Å². The fourth-order valence-electron chi connectivity index (χ4n) is 3.26. The van der Waals surface area contributed by atoms with Gasteiger partial charge in [0.1, 0.15) is 0 Å². The van der Waals surface area contributed by atoms with Crippen LogP contribution in [0.4, 0.5) is 0 Å². The van der Waals surface area contributed by atoms with Gasteiger partial charge in [-0.15, -0.1) is 0 Å². The molecule has 0 aromatic heterocycles. The third-order valence-corrected chi connectivity index (χ3v) is 4.74. The first-order valence-electron chi connectivity index (χ1n) is 8.13. The van der Waals surface area contributed by atoms with Crippen LogP contribution in [0.2, 0.25) is 0 Å². The molecule has 1 aliphatic heterocycles. The molecular formula is C19H32N2. The molecule has 1 aliphatic rings. The highest BCUT2D eigenvalue weighted by Gasteiger charge is 2.38. The second kappa shape index (κ2) is 5.73. The van der Waals surface area contributed by atoms with Crippen LogP contribution in [-0.4, -0.2) is 29.6 Å². The van der Waals surface area contributed by atoms with E-state index >= 15 is 0 Å². The fraction of sp³-hybridized carbons (Fsp3) is 0.684. The minimum atomic E-state index is 0.208. The number of rotatable bonds is 2. The highest BCUT2D eigenvalue weighted by Crippen LogP contribution is 2.29. The Morgan fingerprint density at radius 2 is 1.71 bits per heavy atom. The van der Waals surface area contributed by atoms with Gasteiger partial charge in [-0.25, -0.2) is 0 Å². The summed E-state index contributed by atoms with van der Waals surface area (Å²) in [5, 5.41) is 3.75. The summed E-state index contributed by atoms with van der Waals surface area (Å²) in [6.07, 6.45) is 0. The third-order valence-electron chi connectivity index (χ3n) is 4.74. The Morgan fingerprint density at radius 3 is 2.24 bits per heavy atom. The zero-order valence-corrected chi connectivity index (χ0v) is 14.9. The van der Waals surface area contributed by atoms with Gasteiger partial charge in [-0.1, -0.05) is 50.1 Å². The van der Waals surface area contributed by atoms with Crippen molar-refractivity contribution >= 4 is 0 Å². The van der Waals surface area contributed by atoms with Gasteiger partial charge in [0.25, 0.3) is 0 Å². The first-order valence-corrected chi connectivity index (χ1v) is 8.13. The number of nitrogens with zero attached hydrogens (tertiary/aromatic N) is 1.